The van der Waals surface area contributed by atoms with E-state index in [-0.39, 0.29) is 5.95 Å². The third-order valence-corrected chi connectivity index (χ3v) is 7.58. The molecule has 0 spiro atoms. The molecule has 1 saturated heterocycles. The van der Waals surface area contributed by atoms with E-state index in [1.165, 1.54) is 24.0 Å². The van der Waals surface area contributed by atoms with Crippen LogP contribution in [0.15, 0.2) is 42.9 Å². The fraction of sp³-hybridized carbons (Fsp3) is 0.483. The molecule has 0 saturated carbocycles. The maximum Gasteiger partial charge on any atom is 0.222 e. The van der Waals surface area contributed by atoms with Gasteiger partial charge in [-0.25, -0.2) is 4.98 Å². The van der Waals surface area contributed by atoms with Crippen molar-refractivity contribution in [1.29, 1.82) is 0 Å². The van der Waals surface area contributed by atoms with Crippen LogP contribution in [-0.4, -0.2) is 74.5 Å². The first-order valence-corrected chi connectivity index (χ1v) is 13.9. The predicted octanol–water partition coefficient (Wildman–Crippen LogP) is 3.89. The Morgan fingerprint density at radius 3 is 2.74 bits per heavy atom. The summed E-state index contributed by atoms with van der Waals surface area (Å²) < 4.78 is 9.95. The van der Waals surface area contributed by atoms with Crippen molar-refractivity contribution in [3.8, 4) is 5.75 Å². The monoisotopic (exact) mass is 531 g/mol. The van der Waals surface area contributed by atoms with Crippen molar-refractivity contribution in [2.45, 2.75) is 45.3 Å². The lowest BCUT2D eigenvalue weighted by atomic mass is 10.0. The Bertz CT molecular complexity index is 1390. The highest BCUT2D eigenvalue weighted by molar-refractivity contribution is 5.87. The van der Waals surface area contributed by atoms with Gasteiger partial charge in [0.1, 0.15) is 11.3 Å². The number of unbranched alkanes of at least 4 members (excludes halogenated alkanes) is 2. The number of ether oxygens (including phenoxy) is 1. The lowest BCUT2D eigenvalue weighted by Gasteiger charge is -2.39. The Morgan fingerprint density at radius 1 is 1.10 bits per heavy atom. The van der Waals surface area contributed by atoms with Gasteiger partial charge in [0.2, 0.25) is 5.95 Å². The average molecular weight is 532 g/mol. The summed E-state index contributed by atoms with van der Waals surface area (Å²) >= 11 is 0. The zero-order valence-electron chi connectivity index (χ0n) is 23.6. The summed E-state index contributed by atoms with van der Waals surface area (Å²) in [7, 11) is 5.91. The molecule has 5 rings (SSSR count). The molecule has 39 heavy (non-hydrogen) atoms. The third-order valence-electron chi connectivity index (χ3n) is 7.58. The standard InChI is InChI=1S/C29H41N9O/c1-5-6-7-11-31-28-27-24(33-29(30)34-28)10-12-38(27)19-22-9-8-21(15-26(22)39-4)17-37-14-13-35(2)20-25(37)23-16-32-36(3)18-23/h8-10,12,15-16,18,25H,5-7,11,13-14,17,19-20H2,1-4H3,(H3,30,31,33,34). The molecule has 0 radical (unpaired) electrons. The number of fused-ring (bicyclic) bond motifs is 1. The highest BCUT2D eigenvalue weighted by atomic mass is 16.5. The summed E-state index contributed by atoms with van der Waals surface area (Å²) in [5.74, 6) is 1.95. The second-order valence-corrected chi connectivity index (χ2v) is 10.6. The molecule has 1 unspecified atom stereocenters. The van der Waals surface area contributed by atoms with Crippen LogP contribution < -0.4 is 15.8 Å². The molecular formula is C29H41N9O. The van der Waals surface area contributed by atoms with Crippen molar-refractivity contribution in [1.82, 2.24) is 34.1 Å². The number of nitrogen functional groups attached to an aromatic ring is 1. The van der Waals surface area contributed by atoms with E-state index >= 15 is 0 Å². The molecule has 1 aliphatic heterocycles. The summed E-state index contributed by atoms with van der Waals surface area (Å²) in [4.78, 5) is 13.9. The van der Waals surface area contributed by atoms with E-state index < -0.39 is 0 Å². The molecule has 4 heterocycles. The molecule has 10 heteroatoms. The van der Waals surface area contributed by atoms with Gasteiger partial charge in [0, 0.05) is 63.3 Å². The van der Waals surface area contributed by atoms with Gasteiger partial charge in [0.15, 0.2) is 5.82 Å². The molecule has 1 fully saturated rings. The van der Waals surface area contributed by atoms with Gasteiger partial charge >= 0.3 is 0 Å². The predicted molar refractivity (Wildman–Crippen MR) is 156 cm³/mol. The molecule has 4 aromatic rings. The smallest absolute Gasteiger partial charge is 0.222 e. The van der Waals surface area contributed by atoms with Crippen LogP contribution in [0.4, 0.5) is 11.8 Å². The van der Waals surface area contributed by atoms with Gasteiger partial charge < -0.3 is 25.3 Å². The number of hydrogen-bond acceptors (Lipinski definition) is 8. The molecule has 0 amide bonds. The second kappa shape index (κ2) is 12.0. The molecule has 3 aromatic heterocycles. The van der Waals surface area contributed by atoms with Crippen LogP contribution in [0, 0.1) is 0 Å². The molecule has 1 aromatic carbocycles. The summed E-state index contributed by atoms with van der Waals surface area (Å²) in [5, 5.41) is 7.90. The van der Waals surface area contributed by atoms with E-state index in [0.717, 1.165) is 67.3 Å². The number of aromatic nitrogens is 5. The fourth-order valence-corrected chi connectivity index (χ4v) is 5.47. The van der Waals surface area contributed by atoms with Gasteiger partial charge in [-0.1, -0.05) is 31.9 Å². The first-order chi connectivity index (χ1) is 18.9. The third kappa shape index (κ3) is 6.17. The van der Waals surface area contributed by atoms with Crippen molar-refractivity contribution in [3.05, 3.63) is 59.5 Å². The maximum absolute atomic E-state index is 6.01. The second-order valence-electron chi connectivity index (χ2n) is 10.6. The van der Waals surface area contributed by atoms with Gasteiger partial charge in [-0.3, -0.25) is 9.58 Å². The average Bonchev–Trinajstić information content (AvgIpc) is 3.54. The minimum atomic E-state index is 0.286. The van der Waals surface area contributed by atoms with Crippen LogP contribution in [0.3, 0.4) is 0 Å². The molecule has 1 aliphatic rings. The Kier molecular flexibility index (Phi) is 8.33. The molecule has 208 valence electrons. The fourth-order valence-electron chi connectivity index (χ4n) is 5.47. The SMILES string of the molecule is CCCCCNc1nc(N)nc2ccn(Cc3ccc(CN4CCN(C)CC4c4cnn(C)c4)cc3OC)c12. The van der Waals surface area contributed by atoms with E-state index in [4.69, 9.17) is 10.5 Å². The van der Waals surface area contributed by atoms with E-state index in [0.29, 0.717) is 12.6 Å². The van der Waals surface area contributed by atoms with Crippen LogP contribution >= 0.6 is 0 Å². The zero-order chi connectivity index (χ0) is 27.4. The van der Waals surface area contributed by atoms with E-state index in [9.17, 15) is 0 Å². The van der Waals surface area contributed by atoms with Gasteiger partial charge in [-0.15, -0.1) is 0 Å². The zero-order valence-corrected chi connectivity index (χ0v) is 23.6. The number of anilines is 2. The molecule has 0 bridgehead atoms. The number of benzene rings is 1. The molecular weight excluding hydrogens is 490 g/mol. The molecule has 10 nitrogen and oxygen atoms in total. The molecule has 0 aliphatic carbocycles. The Balaban J connectivity index is 1.36. The van der Waals surface area contributed by atoms with Gasteiger partial charge in [0.25, 0.3) is 0 Å². The number of nitrogens with zero attached hydrogens (tertiary/aromatic N) is 7. The first kappa shape index (κ1) is 27.0. The summed E-state index contributed by atoms with van der Waals surface area (Å²) in [6.45, 7) is 7.61. The lowest BCUT2D eigenvalue weighted by molar-refractivity contribution is 0.0833. The first-order valence-electron chi connectivity index (χ1n) is 13.9. The summed E-state index contributed by atoms with van der Waals surface area (Å²) in [6, 6.07) is 8.89. The van der Waals surface area contributed by atoms with Crippen molar-refractivity contribution < 1.29 is 4.74 Å². The minimum absolute atomic E-state index is 0.286. The van der Waals surface area contributed by atoms with Crippen LogP contribution in [0.2, 0.25) is 0 Å². The number of likely N-dealkylation sites (N-methyl/N-ethyl adjacent to an activating group) is 1. The Morgan fingerprint density at radius 2 is 1.97 bits per heavy atom. The topological polar surface area (TPSA) is 102 Å². The summed E-state index contributed by atoms with van der Waals surface area (Å²) in [5.41, 5.74) is 11.4. The van der Waals surface area contributed by atoms with E-state index in [1.54, 1.807) is 7.11 Å². The van der Waals surface area contributed by atoms with Gasteiger partial charge in [-0.05, 0) is 31.2 Å². The van der Waals surface area contributed by atoms with Crippen LogP contribution in [0.1, 0.15) is 48.9 Å². The normalized spacial score (nSPS) is 16.7. The molecule has 1 atom stereocenters. The van der Waals surface area contributed by atoms with Crippen molar-refractivity contribution in [2.75, 3.05) is 51.4 Å². The van der Waals surface area contributed by atoms with Crippen molar-refractivity contribution in [2.24, 2.45) is 7.05 Å². The number of nitrogens with one attached hydrogen (secondary N) is 1. The highest BCUT2D eigenvalue weighted by Crippen LogP contribution is 2.30. The largest absolute Gasteiger partial charge is 0.496 e. The Hall–Kier alpha value is -3.63. The van der Waals surface area contributed by atoms with Gasteiger partial charge in [0.05, 0.1) is 31.4 Å². The number of methoxy groups -OCH3 is 1. The van der Waals surface area contributed by atoms with Crippen molar-refractivity contribution >= 4 is 22.8 Å². The van der Waals surface area contributed by atoms with E-state index in [2.05, 4.69) is 73.1 Å². The van der Waals surface area contributed by atoms with Gasteiger partial charge in [-0.2, -0.15) is 10.1 Å². The van der Waals surface area contributed by atoms with Crippen LogP contribution in [-0.2, 0) is 20.1 Å². The molecule has 3 N–H and O–H groups in total. The number of aryl methyl sites for hydroxylation is 1. The van der Waals surface area contributed by atoms with Crippen LogP contribution in [0.5, 0.6) is 5.75 Å². The van der Waals surface area contributed by atoms with E-state index in [1.807, 2.05) is 30.2 Å². The van der Waals surface area contributed by atoms with Crippen LogP contribution in [0.25, 0.3) is 11.0 Å². The number of piperazine rings is 1. The number of rotatable bonds is 11. The maximum atomic E-state index is 6.01. The highest BCUT2D eigenvalue weighted by Gasteiger charge is 2.28. The lowest BCUT2D eigenvalue weighted by Crippen LogP contribution is -2.46. The summed E-state index contributed by atoms with van der Waals surface area (Å²) in [6.07, 6.45) is 9.61. The Labute approximate surface area is 230 Å². The minimum Gasteiger partial charge on any atom is -0.496 e. The quantitative estimate of drug-likeness (QED) is 0.281. The number of nitrogens with two attached hydrogens (primary N) is 1. The number of hydrogen-bond donors (Lipinski definition) is 2. The van der Waals surface area contributed by atoms with Crippen molar-refractivity contribution in [3.63, 3.8) is 0 Å².